The molecule has 1 aliphatic carbocycles. The fraction of sp³-hybridized carbons (Fsp3) is 0.562. The molecule has 1 fully saturated rings. The van der Waals surface area contributed by atoms with Crippen molar-refractivity contribution in [3.05, 3.63) is 30.3 Å². The minimum absolute atomic E-state index is 0.368. The predicted molar refractivity (Wildman–Crippen MR) is 77.1 cm³/mol. The highest BCUT2D eigenvalue weighted by Crippen LogP contribution is 2.28. The Morgan fingerprint density at radius 1 is 1.32 bits per heavy atom. The SMILES string of the molecule is COC1CCCC(N(CCC#N)c2ccccc2)C1. The molecule has 3 nitrogen and oxygen atoms in total. The van der Waals surface area contributed by atoms with Gasteiger partial charge in [-0.05, 0) is 37.8 Å². The first-order valence-corrected chi connectivity index (χ1v) is 7.06. The Kier molecular flexibility index (Phi) is 5.23. The lowest BCUT2D eigenvalue weighted by atomic mass is 9.91. The Morgan fingerprint density at radius 2 is 2.11 bits per heavy atom. The van der Waals surface area contributed by atoms with E-state index in [2.05, 4.69) is 35.2 Å². The Hall–Kier alpha value is -1.53. The Labute approximate surface area is 115 Å². The van der Waals surface area contributed by atoms with Crippen LogP contribution in [0.4, 0.5) is 5.69 Å². The molecule has 0 N–H and O–H groups in total. The first kappa shape index (κ1) is 13.9. The maximum Gasteiger partial charge on any atom is 0.0640 e. The number of ether oxygens (including phenoxy) is 1. The quantitative estimate of drug-likeness (QED) is 0.812. The monoisotopic (exact) mass is 258 g/mol. The van der Waals surface area contributed by atoms with Crippen molar-refractivity contribution >= 4 is 5.69 Å². The van der Waals surface area contributed by atoms with E-state index in [1.54, 1.807) is 7.11 Å². The summed E-state index contributed by atoms with van der Waals surface area (Å²) in [6, 6.07) is 13.2. The van der Waals surface area contributed by atoms with Gasteiger partial charge in [0.1, 0.15) is 0 Å². The third kappa shape index (κ3) is 3.71. The summed E-state index contributed by atoms with van der Waals surface area (Å²) in [4.78, 5) is 2.38. The minimum Gasteiger partial charge on any atom is -0.381 e. The molecule has 2 atom stereocenters. The molecule has 1 aromatic carbocycles. The fourth-order valence-corrected chi connectivity index (χ4v) is 2.93. The lowest BCUT2D eigenvalue weighted by Gasteiger charge is -2.38. The molecule has 0 bridgehead atoms. The van der Waals surface area contributed by atoms with E-state index >= 15 is 0 Å². The molecule has 2 unspecified atom stereocenters. The van der Waals surface area contributed by atoms with Crippen molar-refractivity contribution in [2.45, 2.75) is 44.2 Å². The van der Waals surface area contributed by atoms with Crippen LogP contribution >= 0.6 is 0 Å². The van der Waals surface area contributed by atoms with Gasteiger partial charge in [0.05, 0.1) is 18.6 Å². The predicted octanol–water partition coefficient (Wildman–Crippen LogP) is 3.36. The first-order valence-electron chi connectivity index (χ1n) is 7.06. The molecule has 1 aromatic rings. The maximum atomic E-state index is 8.86. The van der Waals surface area contributed by atoms with Gasteiger partial charge in [0.2, 0.25) is 0 Å². The molecule has 1 aliphatic rings. The van der Waals surface area contributed by atoms with E-state index in [-0.39, 0.29) is 0 Å². The Bertz CT molecular complexity index is 413. The van der Waals surface area contributed by atoms with Crippen molar-refractivity contribution in [3.8, 4) is 6.07 Å². The van der Waals surface area contributed by atoms with Gasteiger partial charge in [-0.25, -0.2) is 0 Å². The average Bonchev–Trinajstić information content (AvgIpc) is 2.49. The van der Waals surface area contributed by atoms with Crippen LogP contribution in [0, 0.1) is 11.3 Å². The van der Waals surface area contributed by atoms with E-state index in [9.17, 15) is 0 Å². The summed E-state index contributed by atoms with van der Waals surface area (Å²) in [5.74, 6) is 0. The van der Waals surface area contributed by atoms with Gasteiger partial charge in [0, 0.05) is 25.4 Å². The summed E-state index contributed by atoms with van der Waals surface area (Å²) in [7, 11) is 1.80. The van der Waals surface area contributed by atoms with Crippen molar-refractivity contribution in [1.82, 2.24) is 0 Å². The number of rotatable bonds is 5. The zero-order valence-corrected chi connectivity index (χ0v) is 11.6. The highest BCUT2D eigenvalue weighted by molar-refractivity contribution is 5.47. The highest BCUT2D eigenvalue weighted by atomic mass is 16.5. The van der Waals surface area contributed by atoms with Crippen LogP contribution < -0.4 is 4.90 Å². The highest BCUT2D eigenvalue weighted by Gasteiger charge is 2.26. The van der Waals surface area contributed by atoms with E-state index in [1.165, 1.54) is 18.5 Å². The van der Waals surface area contributed by atoms with Crippen molar-refractivity contribution in [2.75, 3.05) is 18.6 Å². The van der Waals surface area contributed by atoms with Crippen LogP contribution in [0.3, 0.4) is 0 Å². The van der Waals surface area contributed by atoms with Crippen LogP contribution in [-0.4, -0.2) is 25.8 Å². The summed E-state index contributed by atoms with van der Waals surface area (Å²) in [5.41, 5.74) is 1.22. The Morgan fingerprint density at radius 3 is 2.79 bits per heavy atom. The topological polar surface area (TPSA) is 36.3 Å². The molecule has 19 heavy (non-hydrogen) atoms. The number of anilines is 1. The number of nitriles is 1. The lowest BCUT2D eigenvalue weighted by molar-refractivity contribution is 0.0631. The molecule has 102 valence electrons. The van der Waals surface area contributed by atoms with Crippen molar-refractivity contribution < 1.29 is 4.74 Å². The second-order valence-electron chi connectivity index (χ2n) is 5.12. The van der Waals surface area contributed by atoms with Gasteiger partial charge in [0.15, 0.2) is 0 Å². The number of para-hydroxylation sites is 1. The van der Waals surface area contributed by atoms with E-state index in [1.807, 2.05) is 6.07 Å². The Balaban J connectivity index is 2.11. The lowest BCUT2D eigenvalue weighted by Crippen LogP contribution is -2.41. The van der Waals surface area contributed by atoms with Crippen LogP contribution in [0.2, 0.25) is 0 Å². The molecule has 0 aliphatic heterocycles. The van der Waals surface area contributed by atoms with Crippen LogP contribution in [0.1, 0.15) is 32.1 Å². The van der Waals surface area contributed by atoms with Crippen molar-refractivity contribution in [1.29, 1.82) is 5.26 Å². The van der Waals surface area contributed by atoms with Gasteiger partial charge < -0.3 is 9.64 Å². The van der Waals surface area contributed by atoms with Crippen LogP contribution in [0.5, 0.6) is 0 Å². The third-order valence-electron chi connectivity index (χ3n) is 3.92. The molecular formula is C16H22N2O. The van der Waals surface area contributed by atoms with E-state index in [0.29, 0.717) is 18.6 Å². The number of benzene rings is 1. The molecule has 1 saturated carbocycles. The van der Waals surface area contributed by atoms with E-state index < -0.39 is 0 Å². The fourth-order valence-electron chi connectivity index (χ4n) is 2.93. The van der Waals surface area contributed by atoms with Gasteiger partial charge in [-0.3, -0.25) is 0 Å². The maximum absolute atomic E-state index is 8.86. The normalized spacial score (nSPS) is 22.7. The summed E-state index contributed by atoms with van der Waals surface area (Å²) < 4.78 is 5.52. The standard InChI is InChI=1S/C16H22N2O/c1-19-16-10-5-9-15(13-16)18(12-6-11-17)14-7-3-2-4-8-14/h2-4,7-8,15-16H,5-6,9-10,12-13H2,1H3. The van der Waals surface area contributed by atoms with Gasteiger partial charge in [-0.2, -0.15) is 5.26 Å². The molecule has 0 heterocycles. The second kappa shape index (κ2) is 7.16. The molecule has 0 spiro atoms. The molecular weight excluding hydrogens is 236 g/mol. The summed E-state index contributed by atoms with van der Waals surface area (Å²) in [5, 5.41) is 8.86. The van der Waals surface area contributed by atoms with Gasteiger partial charge in [-0.15, -0.1) is 0 Å². The zero-order valence-electron chi connectivity index (χ0n) is 11.6. The summed E-state index contributed by atoms with van der Waals surface area (Å²) in [6.07, 6.45) is 5.57. The third-order valence-corrected chi connectivity index (χ3v) is 3.92. The number of hydrogen-bond donors (Lipinski definition) is 0. The zero-order chi connectivity index (χ0) is 13.5. The number of nitrogens with zero attached hydrogens (tertiary/aromatic N) is 2. The smallest absolute Gasteiger partial charge is 0.0640 e. The van der Waals surface area contributed by atoms with Crippen LogP contribution in [0.15, 0.2) is 30.3 Å². The average molecular weight is 258 g/mol. The van der Waals surface area contributed by atoms with Crippen LogP contribution in [-0.2, 0) is 4.74 Å². The van der Waals surface area contributed by atoms with Gasteiger partial charge in [-0.1, -0.05) is 18.2 Å². The van der Waals surface area contributed by atoms with E-state index in [4.69, 9.17) is 10.00 Å². The molecule has 0 amide bonds. The second-order valence-corrected chi connectivity index (χ2v) is 5.12. The molecule has 3 heteroatoms. The molecule has 2 rings (SSSR count). The first-order chi connectivity index (χ1) is 9.35. The van der Waals surface area contributed by atoms with Crippen molar-refractivity contribution in [2.24, 2.45) is 0 Å². The molecule has 0 saturated heterocycles. The van der Waals surface area contributed by atoms with Gasteiger partial charge >= 0.3 is 0 Å². The minimum atomic E-state index is 0.368. The van der Waals surface area contributed by atoms with E-state index in [0.717, 1.165) is 19.4 Å². The molecule has 0 radical (unpaired) electrons. The number of hydrogen-bond acceptors (Lipinski definition) is 3. The summed E-state index contributed by atoms with van der Waals surface area (Å²) in [6.45, 7) is 0.807. The van der Waals surface area contributed by atoms with Gasteiger partial charge in [0.25, 0.3) is 0 Å². The largest absolute Gasteiger partial charge is 0.381 e. The molecule has 0 aromatic heterocycles. The van der Waals surface area contributed by atoms with Crippen molar-refractivity contribution in [3.63, 3.8) is 0 Å². The number of methoxy groups -OCH3 is 1. The van der Waals surface area contributed by atoms with Crippen LogP contribution in [0.25, 0.3) is 0 Å². The summed E-state index contributed by atoms with van der Waals surface area (Å²) >= 11 is 0.